The summed E-state index contributed by atoms with van der Waals surface area (Å²) in [6, 6.07) is 16.8. The number of ketones is 1. The first-order valence-corrected chi connectivity index (χ1v) is 12.8. The van der Waals surface area contributed by atoms with Gasteiger partial charge in [-0.2, -0.15) is 0 Å². The molecular weight excluding hydrogens is 512 g/mol. The van der Waals surface area contributed by atoms with Crippen molar-refractivity contribution in [2.24, 2.45) is 0 Å². The number of non-ortho nitro benzene ring substituents is 1. The molecule has 40 heavy (non-hydrogen) atoms. The molecule has 0 saturated carbocycles. The average molecular weight is 541 g/mol. The number of aromatic nitrogens is 3. The Hall–Kier alpha value is -4.99. The quantitative estimate of drug-likeness (QED) is 0.127. The maximum Gasteiger partial charge on any atom is 0.269 e. The molecule has 10 heteroatoms. The van der Waals surface area contributed by atoms with Gasteiger partial charge in [-0.25, -0.2) is 4.68 Å². The van der Waals surface area contributed by atoms with Crippen LogP contribution in [0.5, 0.6) is 17.2 Å². The number of carbonyl (C=O) groups excluding carboxylic acids is 1. The number of nitrogens with zero attached hydrogens (tertiary/aromatic N) is 4. The van der Waals surface area contributed by atoms with E-state index < -0.39 is 4.92 Å². The van der Waals surface area contributed by atoms with Gasteiger partial charge >= 0.3 is 0 Å². The molecule has 0 atom stereocenters. The number of nitro groups is 1. The molecule has 0 radical (unpaired) electrons. The van der Waals surface area contributed by atoms with Gasteiger partial charge in [0.1, 0.15) is 35.2 Å². The zero-order valence-electron chi connectivity index (χ0n) is 22.1. The van der Waals surface area contributed by atoms with E-state index in [1.807, 2.05) is 26.0 Å². The van der Waals surface area contributed by atoms with Crippen LogP contribution in [0.2, 0.25) is 0 Å². The van der Waals surface area contributed by atoms with E-state index in [2.05, 4.69) is 10.3 Å². The third kappa shape index (κ3) is 6.35. The van der Waals surface area contributed by atoms with Gasteiger partial charge in [-0.15, -0.1) is 5.10 Å². The zero-order chi connectivity index (χ0) is 28.3. The Morgan fingerprint density at radius 3 is 2.65 bits per heavy atom. The zero-order valence-corrected chi connectivity index (χ0v) is 22.1. The summed E-state index contributed by atoms with van der Waals surface area (Å²) in [6.45, 7) is 4.65. The van der Waals surface area contributed by atoms with E-state index >= 15 is 0 Å². The molecule has 1 aliphatic heterocycles. The number of hydrogen-bond acceptors (Lipinski definition) is 8. The van der Waals surface area contributed by atoms with Crippen molar-refractivity contribution in [3.8, 4) is 17.2 Å². The Bertz CT molecular complexity index is 1570. The van der Waals surface area contributed by atoms with Gasteiger partial charge in [0.2, 0.25) is 0 Å². The molecule has 0 unspecified atom stereocenters. The van der Waals surface area contributed by atoms with E-state index in [1.54, 1.807) is 47.3 Å². The second kappa shape index (κ2) is 11.0. The molecule has 5 rings (SSSR count). The van der Waals surface area contributed by atoms with Crippen LogP contribution in [0.4, 0.5) is 5.69 Å². The Kier molecular flexibility index (Phi) is 7.33. The van der Waals surface area contributed by atoms with Crippen molar-refractivity contribution in [2.75, 3.05) is 0 Å². The average Bonchev–Trinajstić information content (AvgIpc) is 3.37. The first-order chi connectivity index (χ1) is 19.1. The summed E-state index contributed by atoms with van der Waals surface area (Å²) in [7, 11) is 0. The van der Waals surface area contributed by atoms with Gasteiger partial charge < -0.3 is 14.6 Å². The fourth-order valence-corrected chi connectivity index (χ4v) is 4.37. The van der Waals surface area contributed by atoms with Crippen LogP contribution in [0, 0.1) is 10.1 Å². The van der Waals surface area contributed by atoms with Gasteiger partial charge in [0, 0.05) is 18.2 Å². The topological polar surface area (TPSA) is 130 Å². The molecule has 204 valence electrons. The van der Waals surface area contributed by atoms with Gasteiger partial charge in [-0.1, -0.05) is 35.6 Å². The molecule has 0 aliphatic carbocycles. The number of carbonyl (C=O) groups is 1. The van der Waals surface area contributed by atoms with Gasteiger partial charge in [0.15, 0.2) is 5.78 Å². The SMILES string of the molecule is CC1(C)CCc2cc(C(=O)/C=C/c3ccc(OCc4cn(Cc5ccc([N+](=O)[O-])cc5)nn4)cc3)c(O)cc2O1. The fraction of sp³-hybridized carbons (Fsp3) is 0.233. The summed E-state index contributed by atoms with van der Waals surface area (Å²) in [6.07, 6.45) is 6.50. The van der Waals surface area contributed by atoms with Crippen molar-refractivity contribution < 1.29 is 24.3 Å². The highest BCUT2D eigenvalue weighted by Crippen LogP contribution is 2.37. The number of fused-ring (bicyclic) bond motifs is 1. The van der Waals surface area contributed by atoms with Gasteiger partial charge in [0.25, 0.3) is 5.69 Å². The number of hydrogen-bond donors (Lipinski definition) is 1. The van der Waals surface area contributed by atoms with Crippen LogP contribution in [0.3, 0.4) is 0 Å². The second-order valence-corrected chi connectivity index (χ2v) is 10.2. The number of aromatic hydroxyl groups is 1. The highest BCUT2D eigenvalue weighted by atomic mass is 16.6. The lowest BCUT2D eigenvalue weighted by Crippen LogP contribution is -2.32. The molecule has 3 aromatic carbocycles. The molecule has 10 nitrogen and oxygen atoms in total. The van der Waals surface area contributed by atoms with Crippen molar-refractivity contribution in [1.29, 1.82) is 0 Å². The molecule has 2 heterocycles. The number of rotatable bonds is 9. The van der Waals surface area contributed by atoms with Crippen molar-refractivity contribution in [3.63, 3.8) is 0 Å². The number of aryl methyl sites for hydroxylation is 1. The van der Waals surface area contributed by atoms with Crippen LogP contribution in [0.15, 0.2) is 72.9 Å². The molecule has 0 bridgehead atoms. The minimum absolute atomic E-state index is 0.0398. The van der Waals surface area contributed by atoms with Crippen LogP contribution in [0.1, 0.15) is 53.0 Å². The van der Waals surface area contributed by atoms with Crippen molar-refractivity contribution >= 4 is 17.5 Å². The van der Waals surface area contributed by atoms with Gasteiger partial charge in [-0.05, 0) is 67.7 Å². The number of allylic oxidation sites excluding steroid dienone is 1. The number of ether oxygens (including phenoxy) is 2. The molecular formula is C30H28N4O6. The van der Waals surface area contributed by atoms with E-state index in [0.29, 0.717) is 23.7 Å². The van der Waals surface area contributed by atoms with Crippen LogP contribution >= 0.6 is 0 Å². The molecule has 0 amide bonds. The van der Waals surface area contributed by atoms with Crippen molar-refractivity contribution in [2.45, 2.75) is 45.4 Å². The van der Waals surface area contributed by atoms with Crippen LogP contribution in [-0.2, 0) is 19.6 Å². The number of phenols is 1. The first kappa shape index (κ1) is 26.6. The number of benzene rings is 3. The maximum absolute atomic E-state index is 12.8. The molecule has 1 N–H and O–H groups in total. The summed E-state index contributed by atoms with van der Waals surface area (Å²) in [5.74, 6) is 0.863. The molecule has 1 aliphatic rings. The van der Waals surface area contributed by atoms with Crippen LogP contribution in [-0.4, -0.2) is 36.4 Å². The lowest BCUT2D eigenvalue weighted by Gasteiger charge is -2.32. The second-order valence-electron chi connectivity index (χ2n) is 10.2. The van der Waals surface area contributed by atoms with Gasteiger partial charge in [0.05, 0.1) is 23.2 Å². The Morgan fingerprint density at radius 1 is 1.18 bits per heavy atom. The number of phenolic OH excluding ortho intramolecular Hbond substituents is 1. The predicted octanol–water partition coefficient (Wildman–Crippen LogP) is 5.52. The number of nitro benzene ring substituents is 1. The van der Waals surface area contributed by atoms with E-state index in [1.165, 1.54) is 24.3 Å². The van der Waals surface area contributed by atoms with E-state index in [4.69, 9.17) is 9.47 Å². The summed E-state index contributed by atoms with van der Waals surface area (Å²) >= 11 is 0. The van der Waals surface area contributed by atoms with E-state index in [-0.39, 0.29) is 35.0 Å². The Labute approximate surface area is 230 Å². The molecule has 4 aromatic rings. The van der Waals surface area contributed by atoms with Crippen LogP contribution in [0.25, 0.3) is 6.08 Å². The highest BCUT2D eigenvalue weighted by Gasteiger charge is 2.28. The Morgan fingerprint density at radius 2 is 1.93 bits per heavy atom. The molecule has 0 spiro atoms. The smallest absolute Gasteiger partial charge is 0.269 e. The van der Waals surface area contributed by atoms with Gasteiger partial charge in [-0.3, -0.25) is 14.9 Å². The molecule has 1 aromatic heterocycles. The summed E-state index contributed by atoms with van der Waals surface area (Å²) in [4.78, 5) is 23.1. The minimum atomic E-state index is -0.435. The maximum atomic E-state index is 12.8. The highest BCUT2D eigenvalue weighted by molar-refractivity contribution is 6.08. The van der Waals surface area contributed by atoms with Crippen LogP contribution < -0.4 is 9.47 Å². The molecule has 0 saturated heterocycles. The third-order valence-corrected chi connectivity index (χ3v) is 6.60. The Balaban J connectivity index is 1.15. The van der Waals surface area contributed by atoms with E-state index in [9.17, 15) is 20.0 Å². The van der Waals surface area contributed by atoms with Crippen molar-refractivity contribution in [3.05, 3.63) is 111 Å². The summed E-state index contributed by atoms with van der Waals surface area (Å²) < 4.78 is 13.4. The minimum Gasteiger partial charge on any atom is -0.507 e. The fourth-order valence-electron chi connectivity index (χ4n) is 4.37. The summed E-state index contributed by atoms with van der Waals surface area (Å²) in [5, 5.41) is 29.4. The first-order valence-electron chi connectivity index (χ1n) is 12.8. The largest absolute Gasteiger partial charge is 0.507 e. The normalized spacial score (nSPS) is 13.9. The predicted molar refractivity (Wildman–Crippen MR) is 147 cm³/mol. The summed E-state index contributed by atoms with van der Waals surface area (Å²) in [5.41, 5.74) is 3.22. The van der Waals surface area contributed by atoms with E-state index in [0.717, 1.165) is 29.5 Å². The standard InChI is InChI=1S/C30H28N4O6/c1-30(2)14-13-22-15-26(28(36)16-29(22)40-30)27(35)12-7-20-5-10-25(11-6-20)39-19-23-18-33(32-31-23)17-21-3-8-24(9-4-21)34(37)38/h3-12,15-16,18,36H,13-14,17,19H2,1-2H3/b12-7+. The van der Waals surface area contributed by atoms with Crippen molar-refractivity contribution in [1.82, 2.24) is 15.0 Å². The molecule has 0 fully saturated rings. The monoisotopic (exact) mass is 540 g/mol. The third-order valence-electron chi connectivity index (χ3n) is 6.60. The lowest BCUT2D eigenvalue weighted by atomic mass is 9.92. The lowest BCUT2D eigenvalue weighted by molar-refractivity contribution is -0.384.